The molecule has 0 bridgehead atoms. The van der Waals surface area contributed by atoms with Crippen LogP contribution in [0, 0.1) is 0 Å². The van der Waals surface area contributed by atoms with Crippen molar-refractivity contribution in [2.24, 2.45) is 0 Å². The fourth-order valence-electron chi connectivity index (χ4n) is 1.40. The van der Waals surface area contributed by atoms with Crippen molar-refractivity contribution in [1.29, 1.82) is 0 Å². The Morgan fingerprint density at radius 3 is 2.76 bits per heavy atom. The number of nitrogens with zero attached hydrogens (tertiary/aromatic N) is 1. The molecule has 0 saturated heterocycles. The molecule has 3 nitrogen and oxygen atoms in total. The third kappa shape index (κ3) is 4.92. The summed E-state index contributed by atoms with van der Waals surface area (Å²) < 4.78 is 0. The van der Waals surface area contributed by atoms with E-state index in [-0.39, 0.29) is 11.1 Å². The van der Waals surface area contributed by atoms with E-state index in [1.54, 1.807) is 0 Å². The molecule has 0 aliphatic carbocycles. The number of hydrogen-bond acceptors (Lipinski definition) is 2. The quantitative estimate of drug-likeness (QED) is 0.635. The van der Waals surface area contributed by atoms with Gasteiger partial charge in [0.25, 0.3) is 5.91 Å². The number of rotatable bonds is 6. The lowest BCUT2D eigenvalue weighted by Gasteiger charge is -2.05. The van der Waals surface area contributed by atoms with Gasteiger partial charge in [0.2, 0.25) is 0 Å². The molecule has 1 N–H and O–H groups in total. The molecule has 0 unspecified atom stereocenters. The van der Waals surface area contributed by atoms with Crippen LogP contribution in [0.3, 0.4) is 0 Å². The predicted octanol–water partition coefficient (Wildman–Crippen LogP) is 3.70. The number of unbranched alkanes of at least 4 members (excludes halogenated alkanes) is 3. The summed E-state index contributed by atoms with van der Waals surface area (Å²) >= 11 is 11.5. The first-order chi connectivity index (χ1) is 8.15. The summed E-state index contributed by atoms with van der Waals surface area (Å²) in [7, 11) is 0. The van der Waals surface area contributed by atoms with Crippen molar-refractivity contribution in [3.8, 4) is 0 Å². The molecule has 0 saturated carbocycles. The van der Waals surface area contributed by atoms with E-state index in [1.807, 2.05) is 0 Å². The van der Waals surface area contributed by atoms with Crippen LogP contribution in [0.1, 0.15) is 43.0 Å². The summed E-state index contributed by atoms with van der Waals surface area (Å²) in [5, 5.41) is 3.33. The summed E-state index contributed by atoms with van der Waals surface area (Å²) in [6.45, 7) is 2.83. The minimum absolute atomic E-state index is 0.160. The van der Waals surface area contributed by atoms with Gasteiger partial charge in [-0.2, -0.15) is 0 Å². The summed E-state index contributed by atoms with van der Waals surface area (Å²) in [5.41, 5.74) is 0.440. The number of amides is 1. The van der Waals surface area contributed by atoms with Crippen LogP contribution in [0.4, 0.5) is 0 Å². The maximum Gasteiger partial charge on any atom is 0.252 e. The van der Waals surface area contributed by atoms with Gasteiger partial charge in [0.1, 0.15) is 5.15 Å². The molecule has 94 valence electrons. The molecule has 5 heteroatoms. The number of carbonyl (C=O) groups excluding carboxylic acids is 1. The molecule has 1 aromatic heterocycles. The largest absolute Gasteiger partial charge is 0.352 e. The number of carbonyl (C=O) groups is 1. The number of hydrogen-bond donors (Lipinski definition) is 1. The van der Waals surface area contributed by atoms with Crippen molar-refractivity contribution < 1.29 is 4.79 Å². The van der Waals surface area contributed by atoms with Gasteiger partial charge in [-0.3, -0.25) is 4.79 Å². The third-order valence-electron chi connectivity index (χ3n) is 2.37. The summed E-state index contributed by atoms with van der Waals surface area (Å²) in [6.07, 6.45) is 5.94. The number of aromatic nitrogens is 1. The third-order valence-corrected chi connectivity index (χ3v) is 3.06. The molecule has 1 aromatic rings. The van der Waals surface area contributed by atoms with Crippen molar-refractivity contribution in [1.82, 2.24) is 10.3 Å². The van der Waals surface area contributed by atoms with Crippen LogP contribution in [-0.2, 0) is 0 Å². The van der Waals surface area contributed by atoms with Gasteiger partial charge in [-0.05, 0) is 12.5 Å². The lowest BCUT2D eigenvalue weighted by atomic mass is 10.2. The zero-order valence-corrected chi connectivity index (χ0v) is 11.3. The molecule has 1 rings (SSSR count). The van der Waals surface area contributed by atoms with E-state index in [2.05, 4.69) is 17.2 Å². The zero-order valence-electron chi connectivity index (χ0n) is 9.80. The number of nitrogens with one attached hydrogen (secondary N) is 1. The highest BCUT2D eigenvalue weighted by Gasteiger charge is 2.08. The molecule has 0 fully saturated rings. The molecule has 1 amide bonds. The van der Waals surface area contributed by atoms with E-state index >= 15 is 0 Å². The Balaban J connectivity index is 2.39. The molecule has 0 aromatic carbocycles. The molecule has 0 aliphatic heterocycles. The van der Waals surface area contributed by atoms with E-state index in [9.17, 15) is 4.79 Å². The Hall–Kier alpha value is -0.800. The van der Waals surface area contributed by atoms with Crippen LogP contribution in [0.2, 0.25) is 10.2 Å². The van der Waals surface area contributed by atoms with Crippen LogP contribution in [0.15, 0.2) is 12.3 Å². The number of halogens is 2. The van der Waals surface area contributed by atoms with Crippen LogP contribution in [0.25, 0.3) is 0 Å². The fourth-order valence-corrected chi connectivity index (χ4v) is 1.67. The van der Waals surface area contributed by atoms with Gasteiger partial charge < -0.3 is 5.32 Å². The Bertz CT molecular complexity index is 383. The van der Waals surface area contributed by atoms with Gasteiger partial charge in [0.05, 0.1) is 10.6 Å². The van der Waals surface area contributed by atoms with E-state index in [1.165, 1.54) is 25.1 Å². The number of pyridine rings is 1. The average molecular weight is 275 g/mol. The van der Waals surface area contributed by atoms with Crippen LogP contribution in [-0.4, -0.2) is 17.4 Å². The maximum absolute atomic E-state index is 11.7. The van der Waals surface area contributed by atoms with Gasteiger partial charge in [-0.1, -0.05) is 49.4 Å². The Morgan fingerprint density at radius 2 is 2.12 bits per heavy atom. The van der Waals surface area contributed by atoms with E-state index < -0.39 is 0 Å². The van der Waals surface area contributed by atoms with Crippen LogP contribution in [0.5, 0.6) is 0 Å². The first-order valence-electron chi connectivity index (χ1n) is 5.74. The molecular weight excluding hydrogens is 259 g/mol. The summed E-state index contributed by atoms with van der Waals surface area (Å²) in [4.78, 5) is 15.5. The SMILES string of the molecule is CCCCCCNC(=O)c1cnc(Cl)c(Cl)c1. The highest BCUT2D eigenvalue weighted by atomic mass is 35.5. The van der Waals surface area contributed by atoms with Crippen molar-refractivity contribution in [3.05, 3.63) is 28.0 Å². The normalized spacial score (nSPS) is 10.3. The molecule has 0 atom stereocenters. The molecule has 1 heterocycles. The Kier molecular flexibility index (Phi) is 6.30. The minimum atomic E-state index is -0.160. The maximum atomic E-state index is 11.7. The van der Waals surface area contributed by atoms with Crippen molar-refractivity contribution >= 4 is 29.1 Å². The van der Waals surface area contributed by atoms with Gasteiger partial charge in [-0.25, -0.2) is 4.98 Å². The lowest BCUT2D eigenvalue weighted by Crippen LogP contribution is -2.24. The molecule has 0 radical (unpaired) electrons. The fraction of sp³-hybridized carbons (Fsp3) is 0.500. The highest BCUT2D eigenvalue weighted by Crippen LogP contribution is 2.19. The van der Waals surface area contributed by atoms with Gasteiger partial charge >= 0.3 is 0 Å². The smallest absolute Gasteiger partial charge is 0.252 e. The molecular formula is C12H16Cl2N2O. The first-order valence-corrected chi connectivity index (χ1v) is 6.50. The average Bonchev–Trinajstić information content (AvgIpc) is 2.32. The Morgan fingerprint density at radius 1 is 1.35 bits per heavy atom. The second kappa shape index (κ2) is 7.51. The first kappa shape index (κ1) is 14.3. The molecule has 0 aliphatic rings. The second-order valence-corrected chi connectivity index (χ2v) is 4.58. The van der Waals surface area contributed by atoms with Gasteiger partial charge in [0, 0.05) is 12.7 Å². The van der Waals surface area contributed by atoms with Gasteiger partial charge in [0.15, 0.2) is 0 Å². The van der Waals surface area contributed by atoms with Gasteiger partial charge in [-0.15, -0.1) is 0 Å². The van der Waals surface area contributed by atoms with E-state index in [0.717, 1.165) is 12.8 Å². The van der Waals surface area contributed by atoms with Crippen molar-refractivity contribution in [3.63, 3.8) is 0 Å². The van der Waals surface area contributed by atoms with Crippen LogP contribution >= 0.6 is 23.2 Å². The highest BCUT2D eigenvalue weighted by molar-refractivity contribution is 6.41. The second-order valence-electron chi connectivity index (χ2n) is 3.81. The molecule has 17 heavy (non-hydrogen) atoms. The van der Waals surface area contributed by atoms with E-state index in [4.69, 9.17) is 23.2 Å². The topological polar surface area (TPSA) is 42.0 Å². The predicted molar refractivity (Wildman–Crippen MR) is 70.7 cm³/mol. The van der Waals surface area contributed by atoms with Crippen molar-refractivity contribution in [2.45, 2.75) is 32.6 Å². The lowest BCUT2D eigenvalue weighted by molar-refractivity contribution is 0.0952. The van der Waals surface area contributed by atoms with Crippen molar-refractivity contribution in [2.75, 3.05) is 6.54 Å². The van der Waals surface area contributed by atoms with Crippen LogP contribution < -0.4 is 5.32 Å². The Labute approximate surface area is 112 Å². The zero-order chi connectivity index (χ0) is 12.7. The standard InChI is InChI=1S/C12H16Cl2N2O/c1-2-3-4-5-6-15-12(17)9-7-10(13)11(14)16-8-9/h7-8H,2-6H2,1H3,(H,15,17). The summed E-state index contributed by atoms with van der Waals surface area (Å²) in [6, 6.07) is 1.53. The monoisotopic (exact) mass is 274 g/mol. The summed E-state index contributed by atoms with van der Waals surface area (Å²) in [5.74, 6) is -0.160. The molecule has 0 spiro atoms. The van der Waals surface area contributed by atoms with E-state index in [0.29, 0.717) is 17.1 Å². The minimum Gasteiger partial charge on any atom is -0.352 e.